The Labute approximate surface area is 163 Å². The number of fused-ring (bicyclic) bond motifs is 2. The van der Waals surface area contributed by atoms with Crippen molar-refractivity contribution in [1.29, 1.82) is 0 Å². The van der Waals surface area contributed by atoms with Crippen LogP contribution in [0.25, 0.3) is 11.3 Å². The van der Waals surface area contributed by atoms with Gasteiger partial charge in [-0.05, 0) is 56.0 Å². The Morgan fingerprint density at radius 1 is 1.25 bits per heavy atom. The highest BCUT2D eigenvalue weighted by Crippen LogP contribution is 2.37. The third-order valence-electron chi connectivity index (χ3n) is 5.61. The molecule has 6 nitrogen and oxygen atoms in total. The summed E-state index contributed by atoms with van der Waals surface area (Å²) in [4.78, 5) is 22.8. The fraction of sp³-hybridized carbons (Fsp3) is 0.273. The zero-order valence-corrected chi connectivity index (χ0v) is 16.2. The van der Waals surface area contributed by atoms with Crippen LogP contribution in [0.15, 0.2) is 42.7 Å². The fourth-order valence-electron chi connectivity index (χ4n) is 4.15. The molecule has 1 aromatic carbocycles. The van der Waals surface area contributed by atoms with E-state index in [9.17, 15) is 4.79 Å². The summed E-state index contributed by atoms with van der Waals surface area (Å²) in [6, 6.07) is 10.3. The standard InChI is InChI=1S/C22H22N4O2/c1-13-10-14(2)25-9-8-17(21(25)23-13)22(27)24-19-7-6-15-4-5-16(11-18(15)19)20-12-26(20)28-3/h4-5,8-12,19H,6-7H2,1-3H3,(H,24,27). The molecule has 0 spiro atoms. The molecule has 28 heavy (non-hydrogen) atoms. The van der Waals surface area contributed by atoms with E-state index in [2.05, 4.69) is 28.5 Å². The van der Waals surface area contributed by atoms with Crippen LogP contribution in [0.4, 0.5) is 0 Å². The SMILES string of the molecule is CON1C=C1c1ccc2c(c1)C(NC(=O)c1ccn3c(C)cc(C)nc13)CC2. The number of hydrogen-bond donors (Lipinski definition) is 1. The number of carbonyl (C=O) groups is 1. The van der Waals surface area contributed by atoms with E-state index in [1.54, 1.807) is 12.2 Å². The number of hydroxylamine groups is 2. The third-order valence-corrected chi connectivity index (χ3v) is 5.61. The molecule has 3 heterocycles. The molecule has 0 bridgehead atoms. The molecule has 6 heteroatoms. The maximum atomic E-state index is 13.0. The second-order valence-electron chi connectivity index (χ2n) is 7.46. The van der Waals surface area contributed by atoms with Crippen LogP contribution in [-0.4, -0.2) is 27.5 Å². The van der Waals surface area contributed by atoms with Gasteiger partial charge < -0.3 is 9.72 Å². The minimum Gasteiger partial charge on any atom is -0.345 e. The van der Waals surface area contributed by atoms with Crippen molar-refractivity contribution in [1.82, 2.24) is 19.8 Å². The van der Waals surface area contributed by atoms with E-state index in [4.69, 9.17) is 4.84 Å². The van der Waals surface area contributed by atoms with Gasteiger partial charge in [-0.2, -0.15) is 0 Å². The second-order valence-corrected chi connectivity index (χ2v) is 7.46. The number of benzene rings is 1. The molecule has 3 aromatic rings. The van der Waals surface area contributed by atoms with Gasteiger partial charge in [-0.1, -0.05) is 12.1 Å². The molecule has 1 atom stereocenters. The van der Waals surface area contributed by atoms with Crippen molar-refractivity contribution >= 4 is 17.3 Å². The average Bonchev–Trinajstić information content (AvgIpc) is 3.18. The summed E-state index contributed by atoms with van der Waals surface area (Å²) < 4.78 is 1.96. The number of amides is 1. The average molecular weight is 374 g/mol. The van der Waals surface area contributed by atoms with Gasteiger partial charge in [-0.3, -0.25) is 9.63 Å². The monoisotopic (exact) mass is 374 g/mol. The minimum absolute atomic E-state index is 0.0126. The number of rotatable bonds is 4. The predicted molar refractivity (Wildman–Crippen MR) is 106 cm³/mol. The van der Waals surface area contributed by atoms with E-state index in [0.29, 0.717) is 11.2 Å². The Morgan fingerprint density at radius 2 is 2.11 bits per heavy atom. The Morgan fingerprint density at radius 3 is 2.89 bits per heavy atom. The molecule has 142 valence electrons. The van der Waals surface area contributed by atoms with Gasteiger partial charge in [0.05, 0.1) is 30.6 Å². The quantitative estimate of drug-likeness (QED) is 0.759. The Kier molecular flexibility index (Phi) is 3.77. The number of aromatic nitrogens is 2. The second kappa shape index (κ2) is 6.21. The number of carbonyl (C=O) groups excluding carboxylic acids is 1. The van der Waals surface area contributed by atoms with Crippen molar-refractivity contribution in [3.8, 4) is 0 Å². The van der Waals surface area contributed by atoms with Crippen LogP contribution in [-0.2, 0) is 11.3 Å². The van der Waals surface area contributed by atoms with E-state index in [-0.39, 0.29) is 11.9 Å². The van der Waals surface area contributed by atoms with Gasteiger partial charge in [0.2, 0.25) is 0 Å². The lowest BCUT2D eigenvalue weighted by Gasteiger charge is -2.15. The lowest BCUT2D eigenvalue weighted by molar-refractivity contribution is 0.00135. The first-order valence-electron chi connectivity index (χ1n) is 9.49. The van der Waals surface area contributed by atoms with Gasteiger partial charge >= 0.3 is 0 Å². The van der Waals surface area contributed by atoms with Crippen LogP contribution < -0.4 is 5.32 Å². The summed E-state index contributed by atoms with van der Waals surface area (Å²) in [5.74, 6) is -0.0765. The van der Waals surface area contributed by atoms with Crippen LogP contribution in [0.5, 0.6) is 0 Å². The molecule has 2 aliphatic rings. The van der Waals surface area contributed by atoms with Gasteiger partial charge in [0.1, 0.15) is 5.65 Å². The van der Waals surface area contributed by atoms with Crippen molar-refractivity contribution in [3.05, 3.63) is 76.4 Å². The van der Waals surface area contributed by atoms with E-state index < -0.39 is 0 Å². The molecule has 1 aliphatic carbocycles. The van der Waals surface area contributed by atoms with Crippen LogP contribution >= 0.6 is 0 Å². The van der Waals surface area contributed by atoms with Gasteiger partial charge in [-0.15, -0.1) is 0 Å². The van der Waals surface area contributed by atoms with Crippen LogP contribution in [0.3, 0.4) is 0 Å². The number of hydrogen-bond acceptors (Lipinski definition) is 4. The predicted octanol–water partition coefficient (Wildman–Crippen LogP) is 3.54. The van der Waals surface area contributed by atoms with Gasteiger partial charge in [0.15, 0.2) is 0 Å². The number of nitrogens with zero attached hydrogens (tertiary/aromatic N) is 3. The van der Waals surface area contributed by atoms with E-state index in [0.717, 1.165) is 35.5 Å². The highest BCUT2D eigenvalue weighted by atomic mass is 16.7. The molecule has 2 aromatic heterocycles. The van der Waals surface area contributed by atoms with Crippen molar-refractivity contribution in [2.24, 2.45) is 0 Å². The highest BCUT2D eigenvalue weighted by Gasteiger charge is 2.29. The first-order valence-corrected chi connectivity index (χ1v) is 9.49. The zero-order valence-electron chi connectivity index (χ0n) is 16.2. The summed E-state index contributed by atoms with van der Waals surface area (Å²) in [5.41, 5.74) is 7.98. The maximum absolute atomic E-state index is 13.0. The zero-order chi connectivity index (χ0) is 19.4. The summed E-state index contributed by atoms with van der Waals surface area (Å²) >= 11 is 0. The molecule has 0 radical (unpaired) electrons. The summed E-state index contributed by atoms with van der Waals surface area (Å²) in [6.07, 6.45) is 5.75. The molecule has 1 N–H and O–H groups in total. The first kappa shape index (κ1) is 17.0. The van der Waals surface area contributed by atoms with E-state index in [1.807, 2.05) is 42.8 Å². The minimum atomic E-state index is -0.0765. The van der Waals surface area contributed by atoms with E-state index in [1.165, 1.54) is 11.1 Å². The molecule has 0 saturated carbocycles. The van der Waals surface area contributed by atoms with Gasteiger partial charge in [0.25, 0.3) is 5.91 Å². The van der Waals surface area contributed by atoms with Crippen molar-refractivity contribution < 1.29 is 9.63 Å². The molecule has 1 unspecified atom stereocenters. The van der Waals surface area contributed by atoms with Crippen molar-refractivity contribution in [2.75, 3.05) is 7.11 Å². The first-order chi connectivity index (χ1) is 13.5. The van der Waals surface area contributed by atoms with E-state index >= 15 is 0 Å². The van der Waals surface area contributed by atoms with Crippen LogP contribution in [0.1, 0.15) is 50.9 Å². The van der Waals surface area contributed by atoms with Gasteiger partial charge in [-0.25, -0.2) is 10.0 Å². The largest absolute Gasteiger partial charge is 0.345 e. The van der Waals surface area contributed by atoms with Crippen molar-refractivity contribution in [3.63, 3.8) is 0 Å². The Bertz CT molecular complexity index is 1140. The molecular weight excluding hydrogens is 352 g/mol. The smallest absolute Gasteiger partial charge is 0.255 e. The molecule has 0 saturated heterocycles. The number of nitrogens with one attached hydrogen (secondary N) is 1. The van der Waals surface area contributed by atoms with Gasteiger partial charge in [0, 0.05) is 23.1 Å². The Balaban J connectivity index is 1.42. The highest BCUT2D eigenvalue weighted by molar-refractivity contribution is 6.00. The molecular formula is C22H22N4O2. The Hall–Kier alpha value is -3.12. The number of aryl methyl sites for hydroxylation is 3. The lowest BCUT2D eigenvalue weighted by atomic mass is 10.0. The summed E-state index contributed by atoms with van der Waals surface area (Å²) in [7, 11) is 1.65. The van der Waals surface area contributed by atoms with Crippen molar-refractivity contribution in [2.45, 2.75) is 32.7 Å². The molecule has 0 fully saturated rings. The molecule has 5 rings (SSSR count). The fourth-order valence-corrected chi connectivity index (χ4v) is 4.15. The molecule has 1 aliphatic heterocycles. The summed E-state index contributed by atoms with van der Waals surface area (Å²) in [5, 5.41) is 4.97. The molecule has 1 amide bonds. The van der Waals surface area contributed by atoms with Crippen LogP contribution in [0.2, 0.25) is 0 Å². The third kappa shape index (κ3) is 2.68. The normalized spacial score (nSPS) is 17.6. The topological polar surface area (TPSA) is 58.6 Å². The summed E-state index contributed by atoms with van der Waals surface area (Å²) in [6.45, 7) is 3.97. The maximum Gasteiger partial charge on any atom is 0.255 e. The van der Waals surface area contributed by atoms with Crippen LogP contribution in [0, 0.1) is 13.8 Å². The lowest BCUT2D eigenvalue weighted by Crippen LogP contribution is -2.27.